The molecule has 0 fully saturated rings. The number of hydrogen-bond acceptors (Lipinski definition) is 6. The van der Waals surface area contributed by atoms with Crippen LogP contribution in [0.25, 0.3) is 0 Å². The van der Waals surface area contributed by atoms with Gasteiger partial charge in [0, 0.05) is 17.5 Å². The van der Waals surface area contributed by atoms with Crippen molar-refractivity contribution in [2.45, 2.75) is 25.5 Å². The predicted molar refractivity (Wildman–Crippen MR) is 105 cm³/mol. The molecule has 7 nitrogen and oxygen atoms in total. The summed E-state index contributed by atoms with van der Waals surface area (Å²) in [7, 11) is 4.79. The molecule has 28 heavy (non-hydrogen) atoms. The number of amides is 1. The third kappa shape index (κ3) is 4.03. The average Bonchev–Trinajstić information content (AvgIpc) is 3.23. The Morgan fingerprint density at radius 3 is 2.57 bits per heavy atom. The van der Waals surface area contributed by atoms with Gasteiger partial charge in [-0.25, -0.2) is 0 Å². The Balaban J connectivity index is 1.68. The molecule has 0 bridgehead atoms. The van der Waals surface area contributed by atoms with E-state index in [-0.39, 0.29) is 11.9 Å². The van der Waals surface area contributed by atoms with Crippen molar-refractivity contribution in [2.75, 3.05) is 21.3 Å². The van der Waals surface area contributed by atoms with Crippen LogP contribution in [0, 0.1) is 0 Å². The lowest BCUT2D eigenvalue weighted by atomic mass is 10.0. The fraction of sp³-hybridized carbons (Fsp3) is 0.333. The van der Waals surface area contributed by atoms with Crippen LogP contribution in [0.4, 0.5) is 0 Å². The van der Waals surface area contributed by atoms with E-state index in [9.17, 15) is 4.79 Å². The van der Waals surface area contributed by atoms with Gasteiger partial charge in [0.1, 0.15) is 17.2 Å². The third-order valence-electron chi connectivity index (χ3n) is 4.64. The molecule has 0 radical (unpaired) electrons. The number of para-hydroxylation sites is 1. The largest absolute Gasteiger partial charge is 0.497 e. The topological polar surface area (TPSA) is 78.4 Å². The van der Waals surface area contributed by atoms with Crippen LogP contribution in [-0.2, 0) is 9.63 Å². The smallest absolute Gasteiger partial charge is 0.264 e. The van der Waals surface area contributed by atoms with Gasteiger partial charge in [-0.1, -0.05) is 17.3 Å². The van der Waals surface area contributed by atoms with Crippen LogP contribution in [0.15, 0.2) is 47.6 Å². The lowest BCUT2D eigenvalue weighted by Gasteiger charge is -2.19. The summed E-state index contributed by atoms with van der Waals surface area (Å²) in [6.07, 6.45) is -0.326. The van der Waals surface area contributed by atoms with Crippen molar-refractivity contribution in [1.82, 2.24) is 5.32 Å². The van der Waals surface area contributed by atoms with Gasteiger partial charge in [-0.05, 0) is 37.3 Å². The van der Waals surface area contributed by atoms with Gasteiger partial charge in [0.25, 0.3) is 5.91 Å². The van der Waals surface area contributed by atoms with Crippen molar-refractivity contribution >= 4 is 11.6 Å². The lowest BCUT2D eigenvalue weighted by Crippen LogP contribution is -2.36. The second-order valence-corrected chi connectivity index (χ2v) is 6.37. The van der Waals surface area contributed by atoms with E-state index in [1.165, 1.54) is 0 Å². The molecule has 2 unspecified atom stereocenters. The number of carbonyl (C=O) groups excluding carboxylic acids is 1. The van der Waals surface area contributed by atoms with Crippen molar-refractivity contribution in [3.63, 3.8) is 0 Å². The first-order chi connectivity index (χ1) is 13.6. The van der Waals surface area contributed by atoms with Gasteiger partial charge in [0.2, 0.25) is 6.10 Å². The summed E-state index contributed by atoms with van der Waals surface area (Å²) in [4.78, 5) is 18.1. The number of methoxy groups -OCH3 is 3. The van der Waals surface area contributed by atoms with E-state index >= 15 is 0 Å². The van der Waals surface area contributed by atoms with E-state index < -0.39 is 6.10 Å². The molecule has 0 saturated heterocycles. The first kappa shape index (κ1) is 19.5. The van der Waals surface area contributed by atoms with Crippen LogP contribution in [0.2, 0.25) is 0 Å². The van der Waals surface area contributed by atoms with Crippen LogP contribution >= 0.6 is 0 Å². The monoisotopic (exact) mass is 384 g/mol. The third-order valence-corrected chi connectivity index (χ3v) is 4.64. The number of nitrogens with one attached hydrogen (secondary N) is 1. The standard InChI is InChI=1S/C21H24N2O5/c1-13(16-11-14(25-2)9-10-19(16)27-4)22-21(24)20-12-17(23-28-20)15-7-5-6-8-18(15)26-3/h5-11,13,20H,12H2,1-4H3,(H,22,24). The van der Waals surface area contributed by atoms with E-state index in [2.05, 4.69) is 10.5 Å². The number of ether oxygens (including phenoxy) is 3. The second kappa shape index (κ2) is 8.65. The Morgan fingerprint density at radius 2 is 1.86 bits per heavy atom. The van der Waals surface area contributed by atoms with E-state index in [0.717, 1.165) is 11.1 Å². The van der Waals surface area contributed by atoms with Crippen LogP contribution in [0.5, 0.6) is 17.2 Å². The van der Waals surface area contributed by atoms with Crippen LogP contribution in [0.1, 0.15) is 30.5 Å². The molecule has 0 aromatic heterocycles. The molecule has 1 heterocycles. The molecular weight excluding hydrogens is 360 g/mol. The van der Waals surface area contributed by atoms with Crippen molar-refractivity contribution in [1.29, 1.82) is 0 Å². The number of nitrogens with zero attached hydrogens (tertiary/aromatic N) is 1. The zero-order chi connectivity index (χ0) is 20.1. The molecule has 2 aromatic carbocycles. The molecule has 2 atom stereocenters. The molecule has 2 aromatic rings. The highest BCUT2D eigenvalue weighted by molar-refractivity contribution is 6.05. The SMILES string of the molecule is COc1ccc(OC)c(C(C)NC(=O)C2CC(c3ccccc3OC)=NO2)c1. The normalized spacial score (nSPS) is 16.6. The van der Waals surface area contributed by atoms with Crippen molar-refractivity contribution in [2.24, 2.45) is 5.16 Å². The maximum Gasteiger partial charge on any atom is 0.264 e. The van der Waals surface area contributed by atoms with Crippen LogP contribution in [-0.4, -0.2) is 39.1 Å². The zero-order valence-electron chi connectivity index (χ0n) is 16.4. The summed E-state index contributed by atoms with van der Waals surface area (Å²) in [5.74, 6) is 1.81. The van der Waals surface area contributed by atoms with Gasteiger partial charge in [-0.3, -0.25) is 4.79 Å². The van der Waals surface area contributed by atoms with Crippen LogP contribution in [0.3, 0.4) is 0 Å². The highest BCUT2D eigenvalue weighted by atomic mass is 16.6. The Hall–Kier alpha value is -3.22. The molecular formula is C21H24N2O5. The minimum Gasteiger partial charge on any atom is -0.497 e. The van der Waals surface area contributed by atoms with Crippen molar-refractivity contribution in [3.8, 4) is 17.2 Å². The quantitative estimate of drug-likeness (QED) is 0.794. The summed E-state index contributed by atoms with van der Waals surface area (Å²) in [6, 6.07) is 12.7. The van der Waals surface area contributed by atoms with E-state index in [4.69, 9.17) is 19.0 Å². The highest BCUT2D eigenvalue weighted by Crippen LogP contribution is 2.30. The fourth-order valence-electron chi connectivity index (χ4n) is 3.12. The molecule has 0 saturated carbocycles. The van der Waals surface area contributed by atoms with Gasteiger partial charge in [0.15, 0.2) is 0 Å². The molecule has 1 aliphatic rings. The average molecular weight is 384 g/mol. The van der Waals surface area contributed by atoms with Gasteiger partial charge in [-0.15, -0.1) is 0 Å². The number of carbonyl (C=O) groups is 1. The molecule has 1 N–H and O–H groups in total. The number of oxime groups is 1. The molecule has 0 aliphatic carbocycles. The van der Waals surface area contributed by atoms with Crippen molar-refractivity contribution < 1.29 is 23.8 Å². The minimum atomic E-state index is -0.695. The van der Waals surface area contributed by atoms with E-state index in [0.29, 0.717) is 29.4 Å². The first-order valence-corrected chi connectivity index (χ1v) is 8.95. The molecule has 148 valence electrons. The lowest BCUT2D eigenvalue weighted by molar-refractivity contribution is -0.131. The summed E-state index contributed by atoms with van der Waals surface area (Å²) in [5.41, 5.74) is 2.33. The molecule has 7 heteroatoms. The Kier molecular flexibility index (Phi) is 6.03. The van der Waals surface area contributed by atoms with Gasteiger partial charge < -0.3 is 24.4 Å². The minimum absolute atomic E-state index is 0.244. The Morgan fingerprint density at radius 1 is 1.11 bits per heavy atom. The zero-order valence-corrected chi connectivity index (χ0v) is 16.4. The van der Waals surface area contributed by atoms with E-state index in [1.807, 2.05) is 49.4 Å². The maximum atomic E-state index is 12.7. The fourth-order valence-corrected chi connectivity index (χ4v) is 3.12. The second-order valence-electron chi connectivity index (χ2n) is 6.37. The van der Waals surface area contributed by atoms with Gasteiger partial charge >= 0.3 is 0 Å². The van der Waals surface area contributed by atoms with Crippen LogP contribution < -0.4 is 19.5 Å². The summed E-state index contributed by atoms with van der Waals surface area (Å²) in [5, 5.41) is 7.05. The summed E-state index contributed by atoms with van der Waals surface area (Å²) in [6.45, 7) is 1.88. The van der Waals surface area contributed by atoms with Gasteiger partial charge in [0.05, 0.1) is 33.1 Å². The Bertz CT molecular complexity index is 881. The predicted octanol–water partition coefficient (Wildman–Crippen LogP) is 3.08. The molecule has 1 amide bonds. The summed E-state index contributed by atoms with van der Waals surface area (Å²) < 4.78 is 16.0. The van der Waals surface area contributed by atoms with Crippen molar-refractivity contribution in [3.05, 3.63) is 53.6 Å². The number of benzene rings is 2. The van der Waals surface area contributed by atoms with Gasteiger partial charge in [-0.2, -0.15) is 0 Å². The maximum absolute atomic E-state index is 12.7. The summed E-state index contributed by atoms with van der Waals surface area (Å²) >= 11 is 0. The Labute approximate surface area is 164 Å². The molecule has 0 spiro atoms. The first-order valence-electron chi connectivity index (χ1n) is 8.95. The molecule has 1 aliphatic heterocycles. The van der Waals surface area contributed by atoms with E-state index in [1.54, 1.807) is 21.3 Å². The number of rotatable bonds is 7. The molecule has 3 rings (SSSR count). The number of hydrogen-bond donors (Lipinski definition) is 1. The highest BCUT2D eigenvalue weighted by Gasteiger charge is 2.31.